The van der Waals surface area contributed by atoms with E-state index >= 15 is 0 Å². The average Bonchev–Trinajstić information content (AvgIpc) is 2.82. The molecule has 0 aliphatic carbocycles. The Hall–Kier alpha value is -3.57. The fourth-order valence-corrected chi connectivity index (χ4v) is 4.04. The Morgan fingerprint density at radius 3 is 2.39 bits per heavy atom. The first-order valence-electron chi connectivity index (χ1n) is 10.8. The number of benzene rings is 3. The van der Waals surface area contributed by atoms with Crippen LogP contribution in [0.1, 0.15) is 34.7 Å². The van der Waals surface area contributed by atoms with Crippen molar-refractivity contribution in [1.29, 1.82) is 0 Å². The Morgan fingerprint density at radius 2 is 1.67 bits per heavy atom. The monoisotopic (exact) mass is 460 g/mol. The maximum absolute atomic E-state index is 13.3. The van der Waals surface area contributed by atoms with E-state index in [1.807, 2.05) is 85.8 Å². The number of hydrogen-bond donors (Lipinski definition) is 2. The van der Waals surface area contributed by atoms with Gasteiger partial charge < -0.3 is 15.4 Å². The molecule has 0 fully saturated rings. The first kappa shape index (κ1) is 22.6. The summed E-state index contributed by atoms with van der Waals surface area (Å²) in [4.78, 5) is 25.8. The van der Waals surface area contributed by atoms with E-state index in [1.54, 1.807) is 0 Å². The molecule has 1 heterocycles. The summed E-state index contributed by atoms with van der Waals surface area (Å²) in [5.41, 5.74) is 4.80. The molecule has 0 saturated carbocycles. The molecule has 1 aliphatic heterocycles. The van der Waals surface area contributed by atoms with Crippen molar-refractivity contribution in [3.05, 3.63) is 117 Å². The second-order valence-electron chi connectivity index (χ2n) is 8.03. The van der Waals surface area contributed by atoms with Crippen LogP contribution in [0.5, 0.6) is 0 Å². The predicted molar refractivity (Wildman–Crippen MR) is 129 cm³/mol. The number of carbonyl (C=O) groups excluding carboxylic acids is 2. The quantitative estimate of drug-likeness (QED) is 0.449. The van der Waals surface area contributed by atoms with Crippen LogP contribution in [0.15, 0.2) is 90.1 Å². The van der Waals surface area contributed by atoms with Crippen LogP contribution < -0.4 is 10.6 Å². The van der Waals surface area contributed by atoms with Crippen molar-refractivity contribution in [1.82, 2.24) is 10.6 Å². The lowest BCUT2D eigenvalue weighted by molar-refractivity contribution is -0.140. The molecule has 5 nitrogen and oxygen atoms in total. The minimum atomic E-state index is -0.600. The van der Waals surface area contributed by atoms with Gasteiger partial charge in [0.15, 0.2) is 0 Å². The summed E-state index contributed by atoms with van der Waals surface area (Å²) in [6.07, 6.45) is 1.08. The van der Waals surface area contributed by atoms with E-state index in [0.717, 1.165) is 22.3 Å². The van der Waals surface area contributed by atoms with Gasteiger partial charge in [0.05, 0.1) is 11.6 Å². The zero-order valence-electron chi connectivity index (χ0n) is 18.3. The van der Waals surface area contributed by atoms with Gasteiger partial charge >= 0.3 is 12.0 Å². The molecule has 3 aromatic carbocycles. The van der Waals surface area contributed by atoms with Gasteiger partial charge in [0.25, 0.3) is 0 Å². The van der Waals surface area contributed by atoms with Crippen LogP contribution in [0.4, 0.5) is 4.79 Å². The van der Waals surface area contributed by atoms with Crippen molar-refractivity contribution >= 4 is 23.6 Å². The summed E-state index contributed by atoms with van der Waals surface area (Å²) in [7, 11) is 0. The number of amides is 2. The van der Waals surface area contributed by atoms with Gasteiger partial charge in [-0.1, -0.05) is 83.9 Å². The summed E-state index contributed by atoms with van der Waals surface area (Å²) in [6.45, 7) is 2.14. The largest absolute Gasteiger partial charge is 0.457 e. The highest BCUT2D eigenvalue weighted by Gasteiger charge is 2.33. The van der Waals surface area contributed by atoms with Gasteiger partial charge in [0, 0.05) is 10.7 Å². The van der Waals surface area contributed by atoms with Gasteiger partial charge in [-0.3, -0.25) is 0 Å². The number of urea groups is 1. The minimum absolute atomic E-state index is 0.152. The van der Waals surface area contributed by atoms with Gasteiger partial charge in [-0.25, -0.2) is 9.59 Å². The second kappa shape index (κ2) is 10.4. The lowest BCUT2D eigenvalue weighted by atomic mass is 9.92. The molecule has 3 aromatic rings. The van der Waals surface area contributed by atoms with E-state index in [9.17, 15) is 9.59 Å². The summed E-state index contributed by atoms with van der Waals surface area (Å²) in [5, 5.41) is 6.37. The molecule has 0 radical (unpaired) electrons. The van der Waals surface area contributed by atoms with Crippen molar-refractivity contribution in [2.75, 3.05) is 0 Å². The Morgan fingerprint density at radius 1 is 0.939 bits per heavy atom. The lowest BCUT2D eigenvalue weighted by Crippen LogP contribution is -2.46. The number of carbonyl (C=O) groups is 2. The zero-order valence-corrected chi connectivity index (χ0v) is 19.1. The Balaban J connectivity index is 1.65. The van der Waals surface area contributed by atoms with E-state index in [-0.39, 0.29) is 12.6 Å². The molecule has 6 heteroatoms. The molecule has 0 bridgehead atoms. The summed E-state index contributed by atoms with van der Waals surface area (Å²) < 4.78 is 5.67. The molecule has 4 rings (SSSR count). The van der Waals surface area contributed by atoms with E-state index in [2.05, 4.69) is 10.6 Å². The first-order chi connectivity index (χ1) is 16.0. The number of rotatable bonds is 7. The van der Waals surface area contributed by atoms with Crippen LogP contribution in [0.25, 0.3) is 0 Å². The molecule has 1 atom stereocenters. The standard InChI is InChI=1S/C27H25ClN2O3/c1-18-10-13-21(14-11-18)25-24(26(31)33-17-20-6-3-2-4-7-20)23(29-27(32)30-25)15-12-19-8-5-9-22(28)16-19/h2-11,13-14,16,25H,12,15,17H2,1H3,(H2,29,30,32). The molecule has 0 aromatic heterocycles. The van der Waals surface area contributed by atoms with Crippen molar-refractivity contribution in [3.63, 3.8) is 0 Å². The minimum Gasteiger partial charge on any atom is -0.457 e. The highest BCUT2D eigenvalue weighted by Crippen LogP contribution is 2.30. The Bertz CT molecular complexity index is 1170. The van der Waals surface area contributed by atoms with Crippen molar-refractivity contribution < 1.29 is 14.3 Å². The number of ether oxygens (including phenoxy) is 1. The van der Waals surface area contributed by atoms with Gasteiger partial charge in [0.2, 0.25) is 0 Å². The normalized spacial score (nSPS) is 15.6. The number of aryl methyl sites for hydroxylation is 2. The second-order valence-corrected chi connectivity index (χ2v) is 8.46. The molecular formula is C27H25ClN2O3. The molecule has 1 aliphatic rings. The zero-order chi connectivity index (χ0) is 23.2. The van der Waals surface area contributed by atoms with Crippen LogP contribution in [0, 0.1) is 6.92 Å². The summed E-state index contributed by atoms with van der Waals surface area (Å²) >= 11 is 6.12. The van der Waals surface area contributed by atoms with E-state index in [4.69, 9.17) is 16.3 Å². The number of nitrogens with one attached hydrogen (secondary N) is 2. The summed E-state index contributed by atoms with van der Waals surface area (Å²) in [5.74, 6) is -0.460. The first-order valence-corrected chi connectivity index (χ1v) is 11.2. The molecule has 0 spiro atoms. The van der Waals surface area contributed by atoms with Crippen LogP contribution in [-0.4, -0.2) is 12.0 Å². The van der Waals surface area contributed by atoms with Crippen LogP contribution in [-0.2, 0) is 22.6 Å². The maximum atomic E-state index is 13.3. The molecular weight excluding hydrogens is 436 g/mol. The smallest absolute Gasteiger partial charge is 0.338 e. The number of halogens is 1. The molecule has 2 N–H and O–H groups in total. The topological polar surface area (TPSA) is 67.4 Å². The number of hydrogen-bond acceptors (Lipinski definition) is 3. The van der Waals surface area contributed by atoms with Crippen molar-refractivity contribution in [3.8, 4) is 0 Å². The maximum Gasteiger partial charge on any atom is 0.338 e. The molecule has 0 saturated heterocycles. The third-order valence-electron chi connectivity index (χ3n) is 5.55. The highest BCUT2D eigenvalue weighted by molar-refractivity contribution is 6.30. The van der Waals surface area contributed by atoms with E-state index < -0.39 is 12.0 Å². The third kappa shape index (κ3) is 5.82. The van der Waals surface area contributed by atoms with Crippen molar-refractivity contribution in [2.45, 2.75) is 32.4 Å². The van der Waals surface area contributed by atoms with E-state index in [0.29, 0.717) is 29.1 Å². The molecule has 2 amide bonds. The van der Waals surface area contributed by atoms with Gasteiger partial charge in [-0.2, -0.15) is 0 Å². The third-order valence-corrected chi connectivity index (χ3v) is 5.78. The van der Waals surface area contributed by atoms with Crippen LogP contribution >= 0.6 is 11.6 Å². The average molecular weight is 461 g/mol. The van der Waals surface area contributed by atoms with Crippen LogP contribution in [0.3, 0.4) is 0 Å². The van der Waals surface area contributed by atoms with Gasteiger partial charge in [-0.05, 0) is 48.6 Å². The van der Waals surface area contributed by atoms with Gasteiger partial charge in [-0.15, -0.1) is 0 Å². The SMILES string of the molecule is Cc1ccc(C2NC(=O)NC(CCc3cccc(Cl)c3)=C2C(=O)OCc2ccccc2)cc1. The fourth-order valence-electron chi connectivity index (χ4n) is 3.83. The lowest BCUT2D eigenvalue weighted by Gasteiger charge is -2.29. The van der Waals surface area contributed by atoms with Gasteiger partial charge in [0.1, 0.15) is 6.61 Å². The Kier molecular flexibility index (Phi) is 7.10. The number of allylic oxidation sites excluding steroid dienone is 1. The van der Waals surface area contributed by atoms with Crippen LogP contribution in [0.2, 0.25) is 5.02 Å². The molecule has 168 valence electrons. The molecule has 1 unspecified atom stereocenters. The predicted octanol–water partition coefficient (Wildman–Crippen LogP) is 5.63. The Labute approximate surface area is 198 Å². The molecule has 33 heavy (non-hydrogen) atoms. The fraction of sp³-hybridized carbons (Fsp3) is 0.185. The number of esters is 1. The van der Waals surface area contributed by atoms with E-state index in [1.165, 1.54) is 0 Å². The van der Waals surface area contributed by atoms with Crippen molar-refractivity contribution in [2.24, 2.45) is 0 Å². The highest BCUT2D eigenvalue weighted by atomic mass is 35.5. The summed E-state index contributed by atoms with van der Waals surface area (Å²) in [6, 6.07) is 23.9.